The van der Waals surface area contributed by atoms with E-state index < -0.39 is 10.0 Å². The van der Waals surface area contributed by atoms with Crippen LogP contribution in [0.2, 0.25) is 0 Å². The van der Waals surface area contributed by atoms with Crippen LogP contribution in [0, 0.1) is 0 Å². The molecule has 0 unspecified atom stereocenters. The number of nitrogens with two attached hydrogens (primary N) is 1. The number of sulfonamides is 1. The second kappa shape index (κ2) is 7.59. The van der Waals surface area contributed by atoms with E-state index in [2.05, 4.69) is 4.72 Å². The van der Waals surface area contributed by atoms with Crippen molar-refractivity contribution in [3.05, 3.63) is 35.4 Å². The highest BCUT2D eigenvalue weighted by atomic mass is 32.2. The van der Waals surface area contributed by atoms with Crippen molar-refractivity contribution in [2.75, 3.05) is 12.4 Å². The van der Waals surface area contributed by atoms with Gasteiger partial charge in [0, 0.05) is 13.1 Å². The van der Waals surface area contributed by atoms with Crippen LogP contribution in [0.1, 0.15) is 25.0 Å². The predicted octanol–water partition coefficient (Wildman–Crippen LogP) is 0.990. The van der Waals surface area contributed by atoms with Gasteiger partial charge >= 0.3 is 0 Å². The lowest BCUT2D eigenvalue weighted by molar-refractivity contribution is 0.0911. The van der Waals surface area contributed by atoms with E-state index in [-0.39, 0.29) is 25.0 Å². The van der Waals surface area contributed by atoms with E-state index >= 15 is 0 Å². The lowest BCUT2D eigenvalue weighted by Crippen LogP contribution is -2.28. The molecule has 0 saturated carbocycles. The molecular weight excluding hydrogens is 264 g/mol. The number of rotatable bonds is 8. The van der Waals surface area contributed by atoms with E-state index in [1.807, 2.05) is 38.1 Å². The maximum Gasteiger partial charge on any atom is 0.214 e. The smallest absolute Gasteiger partial charge is 0.214 e. The van der Waals surface area contributed by atoms with Crippen molar-refractivity contribution in [3.63, 3.8) is 0 Å². The molecule has 19 heavy (non-hydrogen) atoms. The Labute approximate surface area is 115 Å². The standard InChI is InChI=1S/C13H22N2O3S/c1-11(2)18-7-8-19(16,17)15-10-13-5-3-12(9-14)4-6-13/h3-6,11,15H,7-10,14H2,1-2H3. The molecule has 0 aliphatic heterocycles. The van der Waals surface area contributed by atoms with Crippen LogP contribution in [-0.2, 0) is 27.8 Å². The van der Waals surface area contributed by atoms with Gasteiger partial charge in [-0.2, -0.15) is 0 Å². The number of benzene rings is 1. The van der Waals surface area contributed by atoms with Gasteiger partial charge in [-0.1, -0.05) is 24.3 Å². The van der Waals surface area contributed by atoms with Gasteiger partial charge in [0.15, 0.2) is 0 Å². The molecule has 0 aromatic heterocycles. The van der Waals surface area contributed by atoms with Gasteiger partial charge in [-0.3, -0.25) is 0 Å². The molecular formula is C13H22N2O3S. The lowest BCUT2D eigenvalue weighted by atomic mass is 10.1. The minimum atomic E-state index is -3.29. The molecule has 6 heteroatoms. The van der Waals surface area contributed by atoms with Gasteiger partial charge in [-0.15, -0.1) is 0 Å². The van der Waals surface area contributed by atoms with Crippen molar-refractivity contribution >= 4 is 10.0 Å². The van der Waals surface area contributed by atoms with Gasteiger partial charge in [-0.25, -0.2) is 13.1 Å². The fourth-order valence-corrected chi connectivity index (χ4v) is 2.30. The normalized spacial score (nSPS) is 12.0. The topological polar surface area (TPSA) is 81.4 Å². The first-order chi connectivity index (χ1) is 8.93. The Morgan fingerprint density at radius 2 is 1.79 bits per heavy atom. The summed E-state index contributed by atoms with van der Waals surface area (Å²) < 4.78 is 31.2. The summed E-state index contributed by atoms with van der Waals surface area (Å²) in [5.41, 5.74) is 7.43. The van der Waals surface area contributed by atoms with Crippen molar-refractivity contribution in [2.24, 2.45) is 5.73 Å². The zero-order valence-electron chi connectivity index (χ0n) is 11.4. The first-order valence-electron chi connectivity index (χ1n) is 6.30. The summed E-state index contributed by atoms with van der Waals surface area (Å²) in [7, 11) is -3.29. The molecule has 0 saturated heterocycles. The third-order valence-electron chi connectivity index (χ3n) is 2.56. The van der Waals surface area contributed by atoms with Gasteiger partial charge in [0.1, 0.15) is 0 Å². The largest absolute Gasteiger partial charge is 0.378 e. The van der Waals surface area contributed by atoms with Gasteiger partial charge in [0.2, 0.25) is 10.0 Å². The predicted molar refractivity (Wildman–Crippen MR) is 76.0 cm³/mol. The Kier molecular flexibility index (Phi) is 6.44. The maximum atomic E-state index is 11.7. The highest BCUT2D eigenvalue weighted by Crippen LogP contribution is 2.04. The zero-order chi connectivity index (χ0) is 14.3. The first kappa shape index (κ1) is 16.1. The molecule has 0 bridgehead atoms. The molecule has 0 amide bonds. The van der Waals surface area contributed by atoms with Crippen LogP contribution in [0.15, 0.2) is 24.3 Å². The summed E-state index contributed by atoms with van der Waals surface area (Å²) >= 11 is 0. The fraction of sp³-hybridized carbons (Fsp3) is 0.538. The molecule has 1 rings (SSSR count). The van der Waals surface area contributed by atoms with E-state index in [4.69, 9.17) is 10.5 Å². The third kappa shape index (κ3) is 6.68. The highest BCUT2D eigenvalue weighted by molar-refractivity contribution is 7.89. The van der Waals surface area contributed by atoms with Crippen LogP contribution in [-0.4, -0.2) is 26.9 Å². The van der Waals surface area contributed by atoms with E-state index in [9.17, 15) is 8.42 Å². The van der Waals surface area contributed by atoms with Crippen molar-refractivity contribution in [2.45, 2.75) is 33.0 Å². The van der Waals surface area contributed by atoms with Gasteiger partial charge in [0.05, 0.1) is 18.5 Å². The van der Waals surface area contributed by atoms with Crippen molar-refractivity contribution in [1.29, 1.82) is 0 Å². The van der Waals surface area contributed by atoms with E-state index in [0.29, 0.717) is 6.54 Å². The van der Waals surface area contributed by atoms with Crippen LogP contribution in [0.4, 0.5) is 0 Å². The molecule has 0 fully saturated rings. The van der Waals surface area contributed by atoms with E-state index in [1.54, 1.807) is 0 Å². The zero-order valence-corrected chi connectivity index (χ0v) is 12.2. The van der Waals surface area contributed by atoms with Crippen LogP contribution >= 0.6 is 0 Å². The molecule has 1 aromatic rings. The average Bonchev–Trinajstić information content (AvgIpc) is 2.36. The van der Waals surface area contributed by atoms with Crippen LogP contribution in [0.3, 0.4) is 0 Å². The first-order valence-corrected chi connectivity index (χ1v) is 7.95. The minimum absolute atomic E-state index is 0.0218. The molecule has 5 nitrogen and oxygen atoms in total. The SMILES string of the molecule is CC(C)OCCS(=O)(=O)NCc1ccc(CN)cc1. The van der Waals surface area contributed by atoms with E-state index in [1.165, 1.54) is 0 Å². The molecule has 3 N–H and O–H groups in total. The Bertz CT molecular complexity index is 469. The summed E-state index contributed by atoms with van der Waals surface area (Å²) in [6.07, 6.45) is 0.0407. The third-order valence-corrected chi connectivity index (χ3v) is 3.85. The number of nitrogens with one attached hydrogen (secondary N) is 1. The number of ether oxygens (including phenoxy) is 1. The van der Waals surface area contributed by atoms with Crippen LogP contribution in [0.25, 0.3) is 0 Å². The number of hydrogen-bond acceptors (Lipinski definition) is 4. The summed E-state index contributed by atoms with van der Waals surface area (Å²) in [6.45, 7) is 4.73. The maximum absolute atomic E-state index is 11.7. The second-order valence-corrected chi connectivity index (χ2v) is 6.51. The summed E-state index contributed by atoms with van der Waals surface area (Å²) in [4.78, 5) is 0. The highest BCUT2D eigenvalue weighted by Gasteiger charge is 2.10. The Morgan fingerprint density at radius 3 is 2.32 bits per heavy atom. The second-order valence-electron chi connectivity index (χ2n) is 4.58. The van der Waals surface area contributed by atoms with Gasteiger partial charge in [-0.05, 0) is 25.0 Å². The summed E-state index contributed by atoms with van der Waals surface area (Å²) in [5.74, 6) is -0.0218. The quantitative estimate of drug-likeness (QED) is 0.746. The van der Waals surface area contributed by atoms with Crippen molar-refractivity contribution in [1.82, 2.24) is 4.72 Å². The lowest BCUT2D eigenvalue weighted by Gasteiger charge is -2.09. The monoisotopic (exact) mass is 286 g/mol. The molecule has 0 radical (unpaired) electrons. The Balaban J connectivity index is 2.41. The van der Waals surface area contributed by atoms with Crippen LogP contribution in [0.5, 0.6) is 0 Å². The minimum Gasteiger partial charge on any atom is -0.378 e. The Morgan fingerprint density at radius 1 is 1.21 bits per heavy atom. The van der Waals surface area contributed by atoms with E-state index in [0.717, 1.165) is 11.1 Å². The van der Waals surface area contributed by atoms with Crippen molar-refractivity contribution in [3.8, 4) is 0 Å². The van der Waals surface area contributed by atoms with Crippen LogP contribution < -0.4 is 10.5 Å². The molecule has 0 heterocycles. The van der Waals surface area contributed by atoms with Crippen molar-refractivity contribution < 1.29 is 13.2 Å². The fourth-order valence-electron chi connectivity index (χ4n) is 1.45. The molecule has 0 spiro atoms. The van der Waals surface area contributed by atoms with Gasteiger partial charge < -0.3 is 10.5 Å². The number of hydrogen-bond donors (Lipinski definition) is 2. The molecule has 0 aliphatic rings. The molecule has 108 valence electrons. The average molecular weight is 286 g/mol. The molecule has 0 atom stereocenters. The van der Waals surface area contributed by atoms with Gasteiger partial charge in [0.25, 0.3) is 0 Å². The summed E-state index contributed by atoms with van der Waals surface area (Å²) in [6, 6.07) is 7.53. The molecule has 0 aliphatic carbocycles. The Hall–Kier alpha value is -0.950. The molecule has 1 aromatic carbocycles. The summed E-state index contributed by atoms with van der Waals surface area (Å²) in [5, 5.41) is 0.